The van der Waals surface area contributed by atoms with Crippen molar-refractivity contribution in [1.29, 1.82) is 0 Å². The van der Waals surface area contributed by atoms with Crippen LogP contribution in [0.15, 0.2) is 12.1 Å². The molecule has 2 fully saturated rings. The molecule has 2 N–H and O–H groups in total. The van der Waals surface area contributed by atoms with Crippen LogP contribution in [-0.2, 0) is 0 Å². The summed E-state index contributed by atoms with van der Waals surface area (Å²) >= 11 is 0. The van der Waals surface area contributed by atoms with E-state index in [1.54, 1.807) is 0 Å². The molecule has 0 aromatic carbocycles. The van der Waals surface area contributed by atoms with Crippen molar-refractivity contribution < 1.29 is 9.66 Å². The second-order valence-electron chi connectivity index (χ2n) is 5.95. The first-order valence-corrected chi connectivity index (χ1v) is 7.28. The maximum Gasteiger partial charge on any atom is 0.311 e. The maximum absolute atomic E-state index is 11.2. The number of anilines is 1. The van der Waals surface area contributed by atoms with Gasteiger partial charge in [0.25, 0.3) is 0 Å². The molecule has 1 saturated heterocycles. The Morgan fingerprint density at radius 3 is 2.86 bits per heavy atom. The van der Waals surface area contributed by atoms with Crippen LogP contribution in [0.2, 0.25) is 0 Å². The Hall–Kier alpha value is -1.89. The standard InChI is InChI=1S/C14H20N4O3/c1-21-13-5-4-12(18(19)20)14(16-13)17-7-9-2-3-11(15)6-10(9)8-17/h4-5,9-11H,2-3,6-8,15H2,1H3/t9-,10+,11?/m1/s1. The van der Waals surface area contributed by atoms with Crippen molar-refractivity contribution in [3.8, 4) is 5.88 Å². The Labute approximate surface area is 123 Å². The van der Waals surface area contributed by atoms with Crippen LogP contribution in [0.5, 0.6) is 5.88 Å². The average Bonchev–Trinajstić information content (AvgIpc) is 2.89. The van der Waals surface area contributed by atoms with Crippen LogP contribution in [-0.4, -0.2) is 36.1 Å². The molecule has 114 valence electrons. The first kappa shape index (κ1) is 14.1. The van der Waals surface area contributed by atoms with Gasteiger partial charge in [-0.1, -0.05) is 0 Å². The number of hydrogen-bond acceptors (Lipinski definition) is 6. The molecule has 7 heteroatoms. The van der Waals surface area contributed by atoms with Crippen LogP contribution in [0.25, 0.3) is 0 Å². The average molecular weight is 292 g/mol. The summed E-state index contributed by atoms with van der Waals surface area (Å²) in [6.07, 6.45) is 3.14. The molecule has 0 radical (unpaired) electrons. The van der Waals surface area contributed by atoms with Crippen molar-refractivity contribution in [3.05, 3.63) is 22.2 Å². The maximum atomic E-state index is 11.2. The molecule has 3 rings (SSSR count). The third-order valence-electron chi connectivity index (χ3n) is 4.62. The van der Waals surface area contributed by atoms with Crippen molar-refractivity contribution in [1.82, 2.24) is 4.98 Å². The van der Waals surface area contributed by atoms with Gasteiger partial charge in [-0.05, 0) is 31.1 Å². The monoisotopic (exact) mass is 292 g/mol. The number of nitro groups is 1. The Morgan fingerprint density at radius 2 is 2.14 bits per heavy atom. The highest BCUT2D eigenvalue weighted by atomic mass is 16.6. The summed E-state index contributed by atoms with van der Waals surface area (Å²) in [6, 6.07) is 3.26. The van der Waals surface area contributed by atoms with E-state index in [4.69, 9.17) is 10.5 Å². The molecule has 0 amide bonds. The van der Waals surface area contributed by atoms with Crippen molar-refractivity contribution in [2.75, 3.05) is 25.1 Å². The van der Waals surface area contributed by atoms with Gasteiger partial charge in [-0.25, -0.2) is 0 Å². The number of hydrogen-bond donors (Lipinski definition) is 1. The lowest BCUT2D eigenvalue weighted by Gasteiger charge is -2.27. The zero-order valence-electron chi connectivity index (χ0n) is 12.1. The fourth-order valence-corrected chi connectivity index (χ4v) is 3.55. The normalized spacial score (nSPS) is 28.3. The largest absolute Gasteiger partial charge is 0.481 e. The number of pyridine rings is 1. The lowest BCUT2D eigenvalue weighted by Crippen LogP contribution is -2.32. The highest BCUT2D eigenvalue weighted by molar-refractivity contribution is 5.59. The molecule has 0 bridgehead atoms. The van der Waals surface area contributed by atoms with E-state index in [0.717, 1.165) is 32.4 Å². The van der Waals surface area contributed by atoms with Gasteiger partial charge in [-0.3, -0.25) is 10.1 Å². The van der Waals surface area contributed by atoms with Gasteiger partial charge in [0.1, 0.15) is 0 Å². The minimum absolute atomic E-state index is 0.0405. The SMILES string of the molecule is COc1ccc([N+](=O)[O-])c(N2C[C@H]3CCC(N)C[C@H]3C2)n1. The van der Waals surface area contributed by atoms with Gasteiger partial charge in [0.15, 0.2) is 0 Å². The summed E-state index contributed by atoms with van der Waals surface area (Å²) in [4.78, 5) is 17.2. The Morgan fingerprint density at radius 1 is 1.38 bits per heavy atom. The number of fused-ring (bicyclic) bond motifs is 1. The van der Waals surface area contributed by atoms with E-state index in [-0.39, 0.29) is 16.7 Å². The minimum atomic E-state index is -0.379. The highest BCUT2D eigenvalue weighted by Gasteiger charge is 2.39. The molecule has 2 heterocycles. The third kappa shape index (κ3) is 2.65. The van der Waals surface area contributed by atoms with E-state index in [2.05, 4.69) is 4.98 Å². The Kier molecular flexibility index (Phi) is 3.67. The summed E-state index contributed by atoms with van der Waals surface area (Å²) in [6.45, 7) is 1.61. The van der Waals surface area contributed by atoms with Crippen molar-refractivity contribution in [3.63, 3.8) is 0 Å². The molecule has 1 aromatic heterocycles. The zero-order valence-corrected chi connectivity index (χ0v) is 12.1. The van der Waals surface area contributed by atoms with Gasteiger partial charge in [0.05, 0.1) is 12.0 Å². The van der Waals surface area contributed by atoms with Crippen LogP contribution < -0.4 is 15.4 Å². The smallest absolute Gasteiger partial charge is 0.311 e. The number of nitrogens with zero attached hydrogens (tertiary/aromatic N) is 3. The third-order valence-corrected chi connectivity index (χ3v) is 4.62. The Bertz CT molecular complexity index is 551. The first-order valence-electron chi connectivity index (χ1n) is 7.28. The molecule has 0 spiro atoms. The summed E-state index contributed by atoms with van der Waals surface area (Å²) in [5.41, 5.74) is 6.08. The molecular formula is C14H20N4O3. The molecule has 1 aliphatic carbocycles. The van der Waals surface area contributed by atoms with Crippen LogP contribution in [0.3, 0.4) is 0 Å². The van der Waals surface area contributed by atoms with Gasteiger partial charge in [-0.15, -0.1) is 0 Å². The predicted molar refractivity (Wildman–Crippen MR) is 78.5 cm³/mol. The molecule has 1 unspecified atom stereocenters. The number of ether oxygens (including phenoxy) is 1. The molecule has 1 aliphatic heterocycles. The van der Waals surface area contributed by atoms with Crippen molar-refractivity contribution in [2.24, 2.45) is 17.6 Å². The Balaban J connectivity index is 1.88. The number of rotatable bonds is 3. The molecule has 1 aromatic rings. The van der Waals surface area contributed by atoms with Crippen LogP contribution in [0, 0.1) is 22.0 Å². The lowest BCUT2D eigenvalue weighted by atomic mass is 9.79. The minimum Gasteiger partial charge on any atom is -0.481 e. The van der Waals surface area contributed by atoms with Gasteiger partial charge >= 0.3 is 5.69 Å². The fraction of sp³-hybridized carbons (Fsp3) is 0.643. The summed E-state index contributed by atoms with van der Waals surface area (Å²) < 4.78 is 5.10. The lowest BCUT2D eigenvalue weighted by molar-refractivity contribution is -0.384. The molecule has 1 saturated carbocycles. The second kappa shape index (κ2) is 5.48. The van der Waals surface area contributed by atoms with E-state index in [9.17, 15) is 10.1 Å². The van der Waals surface area contributed by atoms with Crippen LogP contribution >= 0.6 is 0 Å². The first-order chi connectivity index (χ1) is 10.1. The quantitative estimate of drug-likeness (QED) is 0.671. The van der Waals surface area contributed by atoms with E-state index < -0.39 is 0 Å². The molecule has 7 nitrogen and oxygen atoms in total. The van der Waals surface area contributed by atoms with Crippen molar-refractivity contribution >= 4 is 11.5 Å². The summed E-state index contributed by atoms with van der Waals surface area (Å²) in [5, 5.41) is 11.2. The van der Waals surface area contributed by atoms with E-state index in [1.165, 1.54) is 19.2 Å². The van der Waals surface area contributed by atoms with Crippen LogP contribution in [0.4, 0.5) is 11.5 Å². The fourth-order valence-electron chi connectivity index (χ4n) is 3.55. The molecule has 2 aliphatic rings. The summed E-state index contributed by atoms with van der Waals surface area (Å²) in [7, 11) is 1.51. The topological polar surface area (TPSA) is 94.5 Å². The van der Waals surface area contributed by atoms with E-state index in [0.29, 0.717) is 23.5 Å². The van der Waals surface area contributed by atoms with E-state index in [1.807, 2.05) is 4.90 Å². The zero-order chi connectivity index (χ0) is 15.0. The van der Waals surface area contributed by atoms with Gasteiger partial charge in [0.2, 0.25) is 11.7 Å². The number of aromatic nitrogens is 1. The molecule has 21 heavy (non-hydrogen) atoms. The second-order valence-corrected chi connectivity index (χ2v) is 5.95. The number of methoxy groups -OCH3 is 1. The molecular weight excluding hydrogens is 272 g/mol. The van der Waals surface area contributed by atoms with E-state index >= 15 is 0 Å². The van der Waals surface area contributed by atoms with Gasteiger partial charge in [-0.2, -0.15) is 4.98 Å². The highest BCUT2D eigenvalue weighted by Crippen LogP contribution is 2.40. The van der Waals surface area contributed by atoms with Gasteiger partial charge in [0, 0.05) is 31.3 Å². The van der Waals surface area contributed by atoms with Gasteiger partial charge < -0.3 is 15.4 Å². The number of nitrogens with two attached hydrogens (primary N) is 1. The van der Waals surface area contributed by atoms with Crippen molar-refractivity contribution in [2.45, 2.75) is 25.3 Å². The predicted octanol–water partition coefficient (Wildman–Crippen LogP) is 1.56. The van der Waals surface area contributed by atoms with Crippen LogP contribution in [0.1, 0.15) is 19.3 Å². The summed E-state index contributed by atoms with van der Waals surface area (Å²) in [5.74, 6) is 1.91. The molecule has 3 atom stereocenters.